The van der Waals surface area contributed by atoms with Gasteiger partial charge in [0.15, 0.2) is 0 Å². The molecule has 2 aromatic carbocycles. The van der Waals surface area contributed by atoms with E-state index in [0.717, 1.165) is 22.5 Å². The molecule has 4 nitrogen and oxygen atoms in total. The van der Waals surface area contributed by atoms with Crippen LogP contribution in [0.25, 0.3) is 22.7 Å². The Hall–Kier alpha value is -2.88. The number of aromatic nitrogens is 1. The van der Waals surface area contributed by atoms with E-state index in [0.29, 0.717) is 5.89 Å². The third-order valence-corrected chi connectivity index (χ3v) is 3.78. The van der Waals surface area contributed by atoms with Crippen molar-refractivity contribution in [2.75, 3.05) is 5.32 Å². The minimum absolute atomic E-state index is 0.000492. The lowest BCUT2D eigenvalue weighted by Gasteiger charge is -2.07. The molecule has 24 heavy (non-hydrogen) atoms. The number of nitrogens with zero attached hydrogens (tertiary/aromatic N) is 1. The van der Waals surface area contributed by atoms with E-state index < -0.39 is 0 Å². The van der Waals surface area contributed by atoms with Crippen molar-refractivity contribution >= 4 is 11.6 Å². The highest BCUT2D eigenvalue weighted by Crippen LogP contribution is 2.25. The van der Waals surface area contributed by atoms with Crippen LogP contribution < -0.4 is 5.32 Å². The van der Waals surface area contributed by atoms with Crippen LogP contribution in [0.4, 0.5) is 5.69 Å². The van der Waals surface area contributed by atoms with Gasteiger partial charge in [-0.25, -0.2) is 4.98 Å². The van der Waals surface area contributed by atoms with Crippen molar-refractivity contribution in [1.82, 2.24) is 4.98 Å². The van der Waals surface area contributed by atoms with Crippen LogP contribution in [-0.4, -0.2) is 10.9 Å². The lowest BCUT2D eigenvalue weighted by Crippen LogP contribution is -2.17. The van der Waals surface area contributed by atoms with Crippen molar-refractivity contribution < 1.29 is 9.21 Å². The number of carbonyl (C=O) groups excluding carboxylic acids is 1. The van der Waals surface area contributed by atoms with E-state index in [9.17, 15) is 4.79 Å². The standard InChI is InChI=1S/C20H20N2O2/c1-13(2)19(23)21-17-10-8-16(9-11-17)20-22-18(12-24-20)15-6-4-14(3)5-7-15/h4-13H,1-3H3,(H,21,23). The van der Waals surface area contributed by atoms with E-state index in [1.165, 1.54) is 5.56 Å². The molecule has 0 aliphatic carbocycles. The van der Waals surface area contributed by atoms with E-state index >= 15 is 0 Å². The maximum Gasteiger partial charge on any atom is 0.226 e. The van der Waals surface area contributed by atoms with Crippen molar-refractivity contribution in [1.29, 1.82) is 0 Å². The summed E-state index contributed by atoms with van der Waals surface area (Å²) in [5.74, 6) is 0.515. The fourth-order valence-corrected chi connectivity index (χ4v) is 2.25. The van der Waals surface area contributed by atoms with Crippen LogP contribution in [0.2, 0.25) is 0 Å². The molecule has 0 saturated heterocycles. The molecular weight excluding hydrogens is 300 g/mol. The Morgan fingerprint density at radius 3 is 2.25 bits per heavy atom. The molecular formula is C20H20N2O2. The predicted molar refractivity (Wildman–Crippen MR) is 95.6 cm³/mol. The Morgan fingerprint density at radius 2 is 1.62 bits per heavy atom. The summed E-state index contributed by atoms with van der Waals surface area (Å²) in [6.45, 7) is 5.78. The monoisotopic (exact) mass is 320 g/mol. The molecule has 0 saturated carbocycles. The first-order chi connectivity index (χ1) is 11.5. The van der Waals surface area contributed by atoms with Gasteiger partial charge in [-0.15, -0.1) is 0 Å². The van der Waals surface area contributed by atoms with Crippen molar-refractivity contribution in [2.24, 2.45) is 5.92 Å². The molecule has 1 heterocycles. The van der Waals surface area contributed by atoms with Crippen LogP contribution in [0, 0.1) is 12.8 Å². The first kappa shape index (κ1) is 16.0. The number of oxazole rings is 1. The van der Waals surface area contributed by atoms with Gasteiger partial charge in [0.2, 0.25) is 11.8 Å². The fraction of sp³-hybridized carbons (Fsp3) is 0.200. The van der Waals surface area contributed by atoms with Gasteiger partial charge in [-0.1, -0.05) is 43.7 Å². The number of nitrogens with one attached hydrogen (secondary N) is 1. The van der Waals surface area contributed by atoms with Crippen molar-refractivity contribution in [2.45, 2.75) is 20.8 Å². The lowest BCUT2D eigenvalue weighted by molar-refractivity contribution is -0.118. The van der Waals surface area contributed by atoms with Gasteiger partial charge < -0.3 is 9.73 Å². The van der Waals surface area contributed by atoms with Crippen LogP contribution in [-0.2, 0) is 4.79 Å². The average Bonchev–Trinajstić information content (AvgIpc) is 3.06. The summed E-state index contributed by atoms with van der Waals surface area (Å²) < 4.78 is 5.60. The molecule has 0 spiro atoms. The van der Waals surface area contributed by atoms with E-state index in [1.807, 2.05) is 50.2 Å². The first-order valence-corrected chi connectivity index (χ1v) is 7.97. The molecule has 0 radical (unpaired) electrons. The predicted octanol–water partition coefficient (Wildman–Crippen LogP) is 4.91. The largest absolute Gasteiger partial charge is 0.444 e. The van der Waals surface area contributed by atoms with Crippen LogP contribution in [0.3, 0.4) is 0 Å². The van der Waals surface area contributed by atoms with Gasteiger partial charge in [-0.2, -0.15) is 0 Å². The topological polar surface area (TPSA) is 55.1 Å². The quantitative estimate of drug-likeness (QED) is 0.743. The van der Waals surface area contributed by atoms with Gasteiger partial charge in [-0.05, 0) is 31.2 Å². The number of amides is 1. The van der Waals surface area contributed by atoms with E-state index in [4.69, 9.17) is 4.42 Å². The molecule has 4 heteroatoms. The summed E-state index contributed by atoms with van der Waals surface area (Å²) in [4.78, 5) is 16.3. The summed E-state index contributed by atoms with van der Waals surface area (Å²) in [5, 5.41) is 2.87. The highest BCUT2D eigenvalue weighted by Gasteiger charge is 2.10. The molecule has 0 fully saturated rings. The average molecular weight is 320 g/mol. The highest BCUT2D eigenvalue weighted by atomic mass is 16.3. The van der Waals surface area contributed by atoms with Crippen LogP contribution in [0.1, 0.15) is 19.4 Å². The zero-order valence-corrected chi connectivity index (χ0v) is 14.0. The number of carbonyl (C=O) groups is 1. The van der Waals surface area contributed by atoms with Gasteiger partial charge in [-0.3, -0.25) is 4.79 Å². The van der Waals surface area contributed by atoms with Gasteiger partial charge in [0, 0.05) is 22.7 Å². The molecule has 1 aromatic heterocycles. The number of anilines is 1. The van der Waals surface area contributed by atoms with Crippen LogP contribution in [0.5, 0.6) is 0 Å². The summed E-state index contributed by atoms with van der Waals surface area (Å²) in [7, 11) is 0. The zero-order chi connectivity index (χ0) is 17.1. The van der Waals surface area contributed by atoms with Gasteiger partial charge >= 0.3 is 0 Å². The van der Waals surface area contributed by atoms with Gasteiger partial charge in [0.25, 0.3) is 0 Å². The molecule has 122 valence electrons. The minimum atomic E-state index is -0.0477. The van der Waals surface area contributed by atoms with Crippen LogP contribution in [0.15, 0.2) is 59.2 Å². The molecule has 3 aromatic rings. The van der Waals surface area contributed by atoms with Crippen molar-refractivity contribution in [3.63, 3.8) is 0 Å². The molecule has 0 unspecified atom stereocenters. The lowest BCUT2D eigenvalue weighted by atomic mass is 10.1. The SMILES string of the molecule is Cc1ccc(-c2coc(-c3ccc(NC(=O)C(C)C)cc3)n2)cc1. The van der Waals surface area contributed by atoms with Gasteiger partial charge in [0.05, 0.1) is 0 Å². The Morgan fingerprint density at radius 1 is 1.00 bits per heavy atom. The molecule has 0 aliphatic heterocycles. The smallest absolute Gasteiger partial charge is 0.226 e. The summed E-state index contributed by atoms with van der Waals surface area (Å²) in [5.41, 5.74) is 4.68. The number of hydrogen-bond donors (Lipinski definition) is 1. The normalized spacial score (nSPS) is 10.8. The van der Waals surface area contributed by atoms with Crippen molar-refractivity contribution in [3.8, 4) is 22.7 Å². The van der Waals surface area contributed by atoms with Gasteiger partial charge in [0.1, 0.15) is 12.0 Å². The summed E-state index contributed by atoms with van der Waals surface area (Å²) in [6.07, 6.45) is 1.66. The second kappa shape index (κ2) is 6.71. The van der Waals surface area contributed by atoms with E-state index in [1.54, 1.807) is 6.26 Å². The number of hydrogen-bond acceptors (Lipinski definition) is 3. The number of benzene rings is 2. The first-order valence-electron chi connectivity index (χ1n) is 7.97. The highest BCUT2D eigenvalue weighted by molar-refractivity contribution is 5.92. The van der Waals surface area contributed by atoms with E-state index in [-0.39, 0.29) is 11.8 Å². The van der Waals surface area contributed by atoms with Crippen molar-refractivity contribution in [3.05, 3.63) is 60.4 Å². The molecule has 1 N–H and O–H groups in total. The fourth-order valence-electron chi connectivity index (χ4n) is 2.25. The summed E-state index contributed by atoms with van der Waals surface area (Å²) in [6, 6.07) is 15.6. The Bertz CT molecular complexity index is 831. The Balaban J connectivity index is 1.78. The second-order valence-electron chi connectivity index (χ2n) is 6.13. The Labute approximate surface area is 141 Å². The third kappa shape index (κ3) is 3.54. The Kier molecular flexibility index (Phi) is 4.47. The van der Waals surface area contributed by atoms with E-state index in [2.05, 4.69) is 29.4 Å². The molecule has 0 bridgehead atoms. The molecule has 0 atom stereocenters. The minimum Gasteiger partial charge on any atom is -0.444 e. The number of aryl methyl sites for hydroxylation is 1. The third-order valence-electron chi connectivity index (χ3n) is 3.78. The number of rotatable bonds is 4. The maximum atomic E-state index is 11.7. The second-order valence-corrected chi connectivity index (χ2v) is 6.13. The molecule has 1 amide bonds. The molecule has 3 rings (SSSR count). The molecule has 0 aliphatic rings. The zero-order valence-electron chi connectivity index (χ0n) is 14.0. The maximum absolute atomic E-state index is 11.7. The van der Waals surface area contributed by atoms with Crippen LogP contribution >= 0.6 is 0 Å². The summed E-state index contributed by atoms with van der Waals surface area (Å²) >= 11 is 0.